The summed E-state index contributed by atoms with van der Waals surface area (Å²) in [6.07, 6.45) is -3.91. The maximum Gasteiger partial charge on any atom is 0.417 e. The summed E-state index contributed by atoms with van der Waals surface area (Å²) in [4.78, 5) is 17.7. The lowest BCUT2D eigenvalue weighted by Crippen LogP contribution is -2.62. The number of alkyl halides is 3. The number of carbonyl (C=O) groups excluding carboxylic acids is 1. The quantitative estimate of drug-likeness (QED) is 0.495. The van der Waals surface area contributed by atoms with E-state index in [-0.39, 0.29) is 64.6 Å². The zero-order chi connectivity index (χ0) is 21.3. The van der Waals surface area contributed by atoms with Crippen molar-refractivity contribution in [2.24, 2.45) is 0 Å². The molecule has 0 aliphatic carbocycles. The number of hydrogen-bond donors (Lipinski definition) is 2. The van der Waals surface area contributed by atoms with Crippen LogP contribution in [0.3, 0.4) is 0 Å². The van der Waals surface area contributed by atoms with Crippen LogP contribution in [-0.4, -0.2) is 73.0 Å². The van der Waals surface area contributed by atoms with Crippen molar-refractivity contribution in [2.45, 2.75) is 23.8 Å². The summed E-state index contributed by atoms with van der Waals surface area (Å²) in [7, 11) is -4.10. The van der Waals surface area contributed by atoms with E-state index in [0.29, 0.717) is 5.82 Å². The number of nitrogens with one attached hydrogen (secondary N) is 1. The summed E-state index contributed by atoms with van der Waals surface area (Å²) in [6.45, 7) is 0.610. The van der Waals surface area contributed by atoms with Crippen molar-refractivity contribution in [1.82, 2.24) is 14.8 Å². The highest BCUT2D eigenvalue weighted by molar-refractivity contribution is 7.91. The summed E-state index contributed by atoms with van der Waals surface area (Å²) >= 11 is 0. The molecule has 0 spiro atoms. The Balaban J connectivity index is 0.00000320. The number of halogens is 4. The van der Waals surface area contributed by atoms with Gasteiger partial charge >= 0.3 is 6.18 Å². The average Bonchev–Trinajstić information content (AvgIpc) is 2.73. The number of nitrogens with zero attached hydrogens (tertiary/aromatic N) is 3. The lowest BCUT2D eigenvalue weighted by Gasteiger charge is -2.41. The number of ether oxygens (including phenoxy) is 1. The first-order chi connectivity index (χ1) is 13.6. The predicted molar refractivity (Wildman–Crippen MR) is 102 cm³/mol. The summed E-state index contributed by atoms with van der Waals surface area (Å²) in [6, 6.07) is 2.17. The van der Waals surface area contributed by atoms with Crippen molar-refractivity contribution >= 4 is 34.2 Å². The maximum absolute atomic E-state index is 13.2. The Bertz CT molecular complexity index is 839. The molecule has 2 aliphatic heterocycles. The van der Waals surface area contributed by atoms with E-state index in [0.717, 1.165) is 12.3 Å². The molecule has 170 valence electrons. The summed E-state index contributed by atoms with van der Waals surface area (Å²) in [5.74, 6) is -0.684. The zero-order valence-corrected chi connectivity index (χ0v) is 17.4. The monoisotopic (exact) mass is 474 g/mol. The van der Waals surface area contributed by atoms with Crippen molar-refractivity contribution in [3.8, 4) is 0 Å². The zero-order valence-electron chi connectivity index (χ0n) is 15.8. The van der Waals surface area contributed by atoms with Gasteiger partial charge in [0.1, 0.15) is 5.82 Å². The molecule has 0 bridgehead atoms. The van der Waals surface area contributed by atoms with E-state index in [1.54, 1.807) is 4.90 Å². The lowest BCUT2D eigenvalue weighted by atomic mass is 9.98. The van der Waals surface area contributed by atoms with Gasteiger partial charge in [-0.05, 0) is 12.1 Å². The number of hydrogen-bond acceptors (Lipinski definition) is 7. The molecule has 0 radical (unpaired) electrons. The highest BCUT2D eigenvalue weighted by Crippen LogP contribution is 2.34. The Morgan fingerprint density at radius 3 is 2.23 bits per heavy atom. The Morgan fingerprint density at radius 2 is 1.77 bits per heavy atom. The van der Waals surface area contributed by atoms with Gasteiger partial charge in [-0.2, -0.15) is 17.5 Å². The van der Waals surface area contributed by atoms with Crippen LogP contribution >= 0.6 is 12.4 Å². The molecule has 1 aromatic heterocycles. The molecule has 0 saturated carbocycles. The van der Waals surface area contributed by atoms with Gasteiger partial charge in [-0.25, -0.2) is 18.9 Å². The normalized spacial score (nSPS) is 20.3. The predicted octanol–water partition coefficient (Wildman–Crippen LogP) is 1.03. The third-order valence-corrected chi connectivity index (χ3v) is 7.91. The van der Waals surface area contributed by atoms with Crippen LogP contribution in [0, 0.1) is 0 Å². The van der Waals surface area contributed by atoms with Gasteiger partial charge in [0, 0.05) is 58.4 Å². The molecular weight excluding hydrogens is 453 g/mol. The molecule has 2 N–H and O–H groups in total. The van der Waals surface area contributed by atoms with E-state index in [1.807, 2.05) is 0 Å². The molecule has 2 saturated heterocycles. The summed E-state index contributed by atoms with van der Waals surface area (Å²) in [5, 5.41) is 9.06. The number of carbonyl (C=O) groups is 1. The fourth-order valence-corrected chi connectivity index (χ4v) is 5.65. The van der Waals surface area contributed by atoms with Crippen LogP contribution in [-0.2, 0) is 25.7 Å². The van der Waals surface area contributed by atoms with Crippen LogP contribution in [0.2, 0.25) is 0 Å². The van der Waals surface area contributed by atoms with Crippen LogP contribution in [0.5, 0.6) is 0 Å². The molecule has 1 aromatic rings. The largest absolute Gasteiger partial charge is 0.417 e. The number of piperazine rings is 1. The first kappa shape index (κ1) is 24.6. The molecular formula is C16H22ClF3N4O5S. The number of aromatic nitrogens is 1. The minimum absolute atomic E-state index is 0. The number of amides is 1. The Kier molecular flexibility index (Phi) is 7.56. The van der Waals surface area contributed by atoms with Crippen LogP contribution in [0.15, 0.2) is 18.3 Å². The number of rotatable bonds is 4. The molecule has 2 aliphatic rings. The summed E-state index contributed by atoms with van der Waals surface area (Å²) in [5.41, 5.74) is 0.598. The highest BCUT2D eigenvalue weighted by atomic mass is 35.5. The molecule has 30 heavy (non-hydrogen) atoms. The minimum Gasteiger partial charge on any atom is -0.381 e. The Labute approximate surface area is 177 Å². The first-order valence-corrected chi connectivity index (χ1v) is 10.4. The molecule has 1 amide bonds. The number of sulfonamides is 1. The van der Waals surface area contributed by atoms with E-state index < -0.39 is 32.4 Å². The summed E-state index contributed by atoms with van der Waals surface area (Å²) < 4.78 is 68.9. The molecule has 0 unspecified atom stereocenters. The topological polar surface area (TPSA) is 112 Å². The molecule has 3 rings (SSSR count). The van der Waals surface area contributed by atoms with E-state index in [9.17, 15) is 26.4 Å². The smallest absolute Gasteiger partial charge is 0.381 e. The molecule has 14 heteroatoms. The fraction of sp³-hybridized carbons (Fsp3) is 0.625. The molecule has 3 heterocycles. The van der Waals surface area contributed by atoms with Crippen molar-refractivity contribution in [2.75, 3.05) is 44.3 Å². The van der Waals surface area contributed by atoms with Gasteiger partial charge in [0.25, 0.3) is 5.91 Å². The van der Waals surface area contributed by atoms with Crippen molar-refractivity contribution < 1.29 is 36.3 Å². The standard InChI is InChI=1S/C16H21F3N4O5S.ClH/c17-16(18,19)12-1-2-13(20-11-12)22-5-7-23(8-6-22)29(26,27)15(14(24)21-25)3-9-28-10-4-15;/h1-2,11,25H,3-10H2,(H,21,24);1H. The average molecular weight is 475 g/mol. The third kappa shape index (κ3) is 4.49. The van der Waals surface area contributed by atoms with Crippen molar-refractivity contribution in [3.05, 3.63) is 23.9 Å². The van der Waals surface area contributed by atoms with E-state index in [2.05, 4.69) is 4.98 Å². The molecule has 9 nitrogen and oxygen atoms in total. The van der Waals surface area contributed by atoms with E-state index in [4.69, 9.17) is 9.94 Å². The maximum atomic E-state index is 13.2. The molecule has 0 atom stereocenters. The minimum atomic E-state index is -4.48. The van der Waals surface area contributed by atoms with Gasteiger partial charge in [0.2, 0.25) is 10.0 Å². The second kappa shape index (κ2) is 9.22. The Hall–Kier alpha value is -1.67. The molecule has 0 aromatic carbocycles. The fourth-order valence-electron chi connectivity index (χ4n) is 3.55. The highest BCUT2D eigenvalue weighted by Gasteiger charge is 2.54. The SMILES string of the molecule is Cl.O=C(NO)C1(S(=O)(=O)N2CCN(c3ccc(C(F)(F)F)cn3)CC2)CCOCC1. The van der Waals surface area contributed by atoms with Crippen LogP contribution in [0.25, 0.3) is 0 Å². The van der Waals surface area contributed by atoms with Crippen molar-refractivity contribution in [1.29, 1.82) is 0 Å². The third-order valence-electron chi connectivity index (χ3n) is 5.29. The van der Waals surface area contributed by atoms with E-state index in [1.165, 1.54) is 15.9 Å². The van der Waals surface area contributed by atoms with Crippen LogP contribution < -0.4 is 10.4 Å². The first-order valence-electron chi connectivity index (χ1n) is 8.92. The van der Waals surface area contributed by atoms with Gasteiger partial charge in [-0.3, -0.25) is 10.0 Å². The second-order valence-electron chi connectivity index (χ2n) is 6.84. The van der Waals surface area contributed by atoms with Crippen molar-refractivity contribution in [3.63, 3.8) is 0 Å². The Morgan fingerprint density at radius 1 is 1.17 bits per heavy atom. The van der Waals surface area contributed by atoms with Gasteiger partial charge in [0.15, 0.2) is 4.75 Å². The van der Waals surface area contributed by atoms with Crippen LogP contribution in [0.4, 0.5) is 19.0 Å². The van der Waals surface area contributed by atoms with E-state index >= 15 is 0 Å². The lowest BCUT2D eigenvalue weighted by molar-refractivity contribution is -0.138. The van der Waals surface area contributed by atoms with Crippen LogP contribution in [0.1, 0.15) is 18.4 Å². The van der Waals surface area contributed by atoms with Gasteiger partial charge in [-0.1, -0.05) is 0 Å². The second-order valence-corrected chi connectivity index (χ2v) is 9.09. The van der Waals surface area contributed by atoms with Gasteiger partial charge in [-0.15, -0.1) is 12.4 Å². The van der Waals surface area contributed by atoms with Gasteiger partial charge < -0.3 is 9.64 Å². The number of anilines is 1. The number of pyridine rings is 1. The molecule has 2 fully saturated rings. The number of hydroxylamine groups is 1. The van der Waals surface area contributed by atoms with Gasteiger partial charge in [0.05, 0.1) is 5.56 Å².